The standard InChI is InChI=1S/C16H14ClFN6O/c17-10-7-9(1-2-11(10)18)12-8-20-14-13(21-12)15(23-16(19)22-14)24-3-5-25-6-4-24/h1-2,7-8H,3-6H2,(H2,19,20,22,23). The molecule has 0 radical (unpaired) electrons. The van der Waals surface area contributed by atoms with E-state index in [2.05, 4.69) is 19.9 Å². The molecule has 0 aliphatic carbocycles. The highest BCUT2D eigenvalue weighted by atomic mass is 35.5. The van der Waals surface area contributed by atoms with Crippen LogP contribution in [0.1, 0.15) is 0 Å². The third-order valence-electron chi connectivity index (χ3n) is 3.93. The van der Waals surface area contributed by atoms with Gasteiger partial charge in [-0.25, -0.2) is 14.4 Å². The van der Waals surface area contributed by atoms with E-state index in [1.54, 1.807) is 12.3 Å². The fraction of sp³-hybridized carbons (Fsp3) is 0.250. The monoisotopic (exact) mass is 360 g/mol. The van der Waals surface area contributed by atoms with Gasteiger partial charge in [-0.3, -0.25) is 0 Å². The minimum atomic E-state index is -0.482. The summed E-state index contributed by atoms with van der Waals surface area (Å²) >= 11 is 5.87. The van der Waals surface area contributed by atoms with E-state index in [0.29, 0.717) is 54.5 Å². The Morgan fingerprint density at radius 1 is 1.16 bits per heavy atom. The summed E-state index contributed by atoms with van der Waals surface area (Å²) in [5.74, 6) is 0.276. The first-order chi connectivity index (χ1) is 12.1. The van der Waals surface area contributed by atoms with Crippen molar-refractivity contribution < 1.29 is 9.13 Å². The first-order valence-electron chi connectivity index (χ1n) is 7.70. The molecule has 1 aliphatic rings. The third-order valence-corrected chi connectivity index (χ3v) is 4.22. The van der Waals surface area contributed by atoms with Crippen molar-refractivity contribution in [1.29, 1.82) is 0 Å². The van der Waals surface area contributed by atoms with Crippen molar-refractivity contribution in [2.45, 2.75) is 0 Å². The van der Waals surface area contributed by atoms with Gasteiger partial charge >= 0.3 is 0 Å². The minimum Gasteiger partial charge on any atom is -0.378 e. The molecule has 4 rings (SSSR count). The van der Waals surface area contributed by atoms with Crippen molar-refractivity contribution in [3.05, 3.63) is 35.2 Å². The van der Waals surface area contributed by atoms with E-state index in [4.69, 9.17) is 22.1 Å². The summed E-state index contributed by atoms with van der Waals surface area (Å²) in [6.45, 7) is 2.57. The van der Waals surface area contributed by atoms with Crippen LogP contribution >= 0.6 is 11.6 Å². The zero-order chi connectivity index (χ0) is 17.4. The number of hydrogen-bond acceptors (Lipinski definition) is 7. The van der Waals surface area contributed by atoms with Crippen molar-refractivity contribution in [2.75, 3.05) is 36.9 Å². The zero-order valence-corrected chi connectivity index (χ0v) is 13.9. The Bertz CT molecular complexity index is 947. The lowest BCUT2D eigenvalue weighted by Gasteiger charge is -2.28. The Morgan fingerprint density at radius 2 is 1.96 bits per heavy atom. The largest absolute Gasteiger partial charge is 0.378 e. The van der Waals surface area contributed by atoms with Crippen LogP contribution in [0.15, 0.2) is 24.4 Å². The van der Waals surface area contributed by atoms with E-state index < -0.39 is 5.82 Å². The number of anilines is 2. The first-order valence-corrected chi connectivity index (χ1v) is 8.08. The topological polar surface area (TPSA) is 90.0 Å². The second-order valence-electron chi connectivity index (χ2n) is 5.56. The van der Waals surface area contributed by atoms with Gasteiger partial charge in [0.1, 0.15) is 5.82 Å². The average molecular weight is 361 g/mol. The van der Waals surface area contributed by atoms with Crippen LogP contribution in [0.3, 0.4) is 0 Å². The molecule has 9 heteroatoms. The number of hydrogen-bond donors (Lipinski definition) is 1. The molecule has 2 N–H and O–H groups in total. The number of fused-ring (bicyclic) bond motifs is 1. The number of nitrogens with two attached hydrogens (primary N) is 1. The fourth-order valence-corrected chi connectivity index (χ4v) is 2.88. The number of halogens is 2. The Balaban J connectivity index is 1.85. The summed E-state index contributed by atoms with van der Waals surface area (Å²) in [5, 5.41) is 0.0290. The number of rotatable bonds is 2. The Labute approximate surface area is 147 Å². The molecular formula is C16H14ClFN6O. The maximum Gasteiger partial charge on any atom is 0.224 e. The highest BCUT2D eigenvalue weighted by molar-refractivity contribution is 6.31. The van der Waals surface area contributed by atoms with Crippen LogP contribution in [0, 0.1) is 5.82 Å². The maximum absolute atomic E-state index is 13.4. The van der Waals surface area contributed by atoms with Crippen LogP contribution in [0.25, 0.3) is 22.4 Å². The summed E-state index contributed by atoms with van der Waals surface area (Å²) in [6, 6.07) is 4.41. The van der Waals surface area contributed by atoms with Crippen LogP contribution in [0.4, 0.5) is 16.2 Å². The SMILES string of the molecule is Nc1nc(N2CCOCC2)c2nc(-c3ccc(F)c(Cl)c3)cnc2n1. The van der Waals surface area contributed by atoms with E-state index in [1.807, 2.05) is 4.90 Å². The number of morpholine rings is 1. The molecule has 3 heterocycles. The van der Waals surface area contributed by atoms with Crippen LogP contribution in [0.5, 0.6) is 0 Å². The molecule has 2 aromatic heterocycles. The fourth-order valence-electron chi connectivity index (χ4n) is 2.70. The molecule has 0 unspecified atom stereocenters. The molecule has 0 amide bonds. The van der Waals surface area contributed by atoms with E-state index >= 15 is 0 Å². The number of ether oxygens (including phenoxy) is 1. The van der Waals surface area contributed by atoms with Crippen LogP contribution in [-0.4, -0.2) is 46.2 Å². The molecule has 7 nitrogen and oxygen atoms in total. The summed E-state index contributed by atoms with van der Waals surface area (Å²) in [6.07, 6.45) is 1.56. The summed E-state index contributed by atoms with van der Waals surface area (Å²) < 4.78 is 18.8. The minimum absolute atomic E-state index is 0.0290. The van der Waals surface area contributed by atoms with E-state index in [1.165, 1.54) is 12.1 Å². The lowest BCUT2D eigenvalue weighted by Crippen LogP contribution is -2.37. The van der Waals surface area contributed by atoms with Gasteiger partial charge in [-0.1, -0.05) is 11.6 Å². The predicted molar refractivity (Wildman–Crippen MR) is 93.0 cm³/mol. The van der Waals surface area contributed by atoms with Gasteiger partial charge in [0.15, 0.2) is 17.0 Å². The Hall–Kier alpha value is -2.58. The molecule has 0 saturated carbocycles. The van der Waals surface area contributed by atoms with E-state index in [0.717, 1.165) is 0 Å². The average Bonchev–Trinajstić information content (AvgIpc) is 2.63. The lowest BCUT2D eigenvalue weighted by molar-refractivity contribution is 0.122. The number of nitrogens with zero attached hydrogens (tertiary/aromatic N) is 5. The van der Waals surface area contributed by atoms with Gasteiger partial charge < -0.3 is 15.4 Å². The molecular weight excluding hydrogens is 347 g/mol. The normalized spacial score (nSPS) is 14.9. The maximum atomic E-state index is 13.4. The Kier molecular flexibility index (Phi) is 4.06. The van der Waals surface area contributed by atoms with Crippen molar-refractivity contribution >= 4 is 34.5 Å². The van der Waals surface area contributed by atoms with Crippen molar-refractivity contribution in [1.82, 2.24) is 19.9 Å². The predicted octanol–water partition coefficient (Wildman–Crippen LogP) is 2.30. The molecule has 0 atom stereocenters. The second-order valence-corrected chi connectivity index (χ2v) is 5.97. The van der Waals surface area contributed by atoms with Gasteiger partial charge in [-0.15, -0.1) is 0 Å². The summed E-state index contributed by atoms with van der Waals surface area (Å²) in [4.78, 5) is 19.5. The Morgan fingerprint density at radius 3 is 2.72 bits per heavy atom. The van der Waals surface area contributed by atoms with Crippen molar-refractivity contribution in [3.8, 4) is 11.3 Å². The van der Waals surface area contributed by atoms with E-state index in [9.17, 15) is 4.39 Å². The molecule has 1 aromatic carbocycles. The van der Waals surface area contributed by atoms with Gasteiger partial charge in [0.05, 0.1) is 30.1 Å². The molecule has 25 heavy (non-hydrogen) atoms. The molecule has 3 aromatic rings. The van der Waals surface area contributed by atoms with Gasteiger partial charge in [0, 0.05) is 18.7 Å². The van der Waals surface area contributed by atoms with Gasteiger partial charge in [0.2, 0.25) is 5.95 Å². The quantitative estimate of drug-likeness (QED) is 0.749. The first kappa shape index (κ1) is 15.9. The lowest BCUT2D eigenvalue weighted by atomic mass is 10.1. The van der Waals surface area contributed by atoms with Gasteiger partial charge in [0.25, 0.3) is 0 Å². The van der Waals surface area contributed by atoms with Crippen molar-refractivity contribution in [2.24, 2.45) is 0 Å². The number of nitrogen functional groups attached to an aromatic ring is 1. The molecule has 1 aliphatic heterocycles. The van der Waals surface area contributed by atoms with Crippen molar-refractivity contribution in [3.63, 3.8) is 0 Å². The molecule has 1 saturated heterocycles. The van der Waals surface area contributed by atoms with Gasteiger partial charge in [-0.05, 0) is 18.2 Å². The number of benzene rings is 1. The molecule has 0 spiro atoms. The van der Waals surface area contributed by atoms with Crippen LogP contribution < -0.4 is 10.6 Å². The smallest absolute Gasteiger partial charge is 0.224 e. The van der Waals surface area contributed by atoms with Crippen LogP contribution in [0.2, 0.25) is 5.02 Å². The molecule has 128 valence electrons. The molecule has 1 fully saturated rings. The highest BCUT2D eigenvalue weighted by Gasteiger charge is 2.19. The zero-order valence-electron chi connectivity index (χ0n) is 13.1. The van der Waals surface area contributed by atoms with Crippen LogP contribution in [-0.2, 0) is 4.74 Å². The number of aromatic nitrogens is 4. The van der Waals surface area contributed by atoms with E-state index in [-0.39, 0.29) is 11.0 Å². The summed E-state index contributed by atoms with van der Waals surface area (Å²) in [7, 11) is 0. The second kappa shape index (κ2) is 6.38. The summed E-state index contributed by atoms with van der Waals surface area (Å²) in [5.41, 5.74) is 7.97. The third kappa shape index (κ3) is 3.06. The van der Waals surface area contributed by atoms with Gasteiger partial charge in [-0.2, -0.15) is 9.97 Å². The molecule has 0 bridgehead atoms. The highest BCUT2D eigenvalue weighted by Crippen LogP contribution is 2.27.